The van der Waals surface area contributed by atoms with E-state index in [1.807, 2.05) is 12.1 Å². The predicted molar refractivity (Wildman–Crippen MR) is 84.2 cm³/mol. The van der Waals surface area contributed by atoms with Gasteiger partial charge in [-0.15, -0.1) is 0 Å². The van der Waals surface area contributed by atoms with Gasteiger partial charge < -0.3 is 11.1 Å². The zero-order valence-electron chi connectivity index (χ0n) is 11.8. The standard InChI is InChI=1S/C15H24N2S/c1-5-10(2)8-12(4)17-14-9-11(3)6-7-13(14)15(16)18/h6-7,9-10,12,17H,5,8H2,1-4H3,(H2,16,18). The van der Waals surface area contributed by atoms with E-state index in [2.05, 4.69) is 39.1 Å². The zero-order valence-corrected chi connectivity index (χ0v) is 12.6. The van der Waals surface area contributed by atoms with E-state index >= 15 is 0 Å². The Labute approximate surface area is 116 Å². The summed E-state index contributed by atoms with van der Waals surface area (Å²) >= 11 is 5.09. The number of rotatable bonds is 6. The summed E-state index contributed by atoms with van der Waals surface area (Å²) < 4.78 is 0. The minimum atomic E-state index is 0.426. The second kappa shape index (κ2) is 6.74. The maximum atomic E-state index is 5.76. The van der Waals surface area contributed by atoms with Gasteiger partial charge in [0, 0.05) is 17.3 Å². The second-order valence-corrected chi connectivity index (χ2v) is 5.65. The summed E-state index contributed by atoms with van der Waals surface area (Å²) in [7, 11) is 0. The number of nitrogens with one attached hydrogen (secondary N) is 1. The number of nitrogens with two attached hydrogens (primary N) is 1. The third-order valence-corrected chi connectivity index (χ3v) is 3.52. The van der Waals surface area contributed by atoms with Crippen LogP contribution in [0.15, 0.2) is 18.2 Å². The molecule has 100 valence electrons. The highest BCUT2D eigenvalue weighted by atomic mass is 32.1. The number of hydrogen-bond donors (Lipinski definition) is 2. The van der Waals surface area contributed by atoms with E-state index in [-0.39, 0.29) is 0 Å². The van der Waals surface area contributed by atoms with Crippen LogP contribution in [-0.4, -0.2) is 11.0 Å². The van der Waals surface area contributed by atoms with Crippen LogP contribution in [0.3, 0.4) is 0 Å². The molecule has 0 amide bonds. The van der Waals surface area contributed by atoms with Crippen LogP contribution in [-0.2, 0) is 0 Å². The van der Waals surface area contributed by atoms with Crippen molar-refractivity contribution in [3.63, 3.8) is 0 Å². The smallest absolute Gasteiger partial charge is 0.106 e. The minimum Gasteiger partial charge on any atom is -0.389 e. The van der Waals surface area contributed by atoms with Crippen LogP contribution in [0.4, 0.5) is 5.69 Å². The molecule has 0 spiro atoms. The Hall–Kier alpha value is -1.09. The molecule has 1 aromatic rings. The Bertz CT molecular complexity index is 415. The monoisotopic (exact) mass is 264 g/mol. The highest BCUT2D eigenvalue weighted by molar-refractivity contribution is 7.80. The lowest BCUT2D eigenvalue weighted by atomic mass is 9.99. The summed E-state index contributed by atoms with van der Waals surface area (Å²) in [6, 6.07) is 6.58. The van der Waals surface area contributed by atoms with Gasteiger partial charge in [-0.3, -0.25) is 0 Å². The molecule has 0 aliphatic heterocycles. The Balaban J connectivity index is 2.82. The topological polar surface area (TPSA) is 38.0 Å². The Kier molecular flexibility index (Phi) is 5.60. The Morgan fingerprint density at radius 1 is 1.39 bits per heavy atom. The normalized spacial score (nSPS) is 14.0. The molecule has 2 atom stereocenters. The van der Waals surface area contributed by atoms with Crippen molar-refractivity contribution >= 4 is 22.9 Å². The van der Waals surface area contributed by atoms with Crippen LogP contribution < -0.4 is 11.1 Å². The van der Waals surface area contributed by atoms with Crippen molar-refractivity contribution in [3.8, 4) is 0 Å². The van der Waals surface area contributed by atoms with Gasteiger partial charge in [0.15, 0.2) is 0 Å². The van der Waals surface area contributed by atoms with Crippen LogP contribution in [0.5, 0.6) is 0 Å². The molecular formula is C15H24N2S. The summed E-state index contributed by atoms with van der Waals surface area (Å²) in [5, 5.41) is 3.53. The van der Waals surface area contributed by atoms with Crippen LogP contribution >= 0.6 is 12.2 Å². The van der Waals surface area contributed by atoms with E-state index < -0.39 is 0 Å². The van der Waals surface area contributed by atoms with Gasteiger partial charge >= 0.3 is 0 Å². The SMILES string of the molecule is CCC(C)CC(C)Nc1cc(C)ccc1C(N)=S. The molecule has 0 aliphatic rings. The fraction of sp³-hybridized carbons (Fsp3) is 0.533. The van der Waals surface area contributed by atoms with Gasteiger partial charge in [-0.1, -0.05) is 38.6 Å². The minimum absolute atomic E-state index is 0.426. The van der Waals surface area contributed by atoms with Gasteiger partial charge in [-0.25, -0.2) is 0 Å². The van der Waals surface area contributed by atoms with Crippen molar-refractivity contribution in [2.45, 2.75) is 46.6 Å². The molecule has 3 N–H and O–H groups in total. The number of hydrogen-bond acceptors (Lipinski definition) is 2. The molecule has 0 radical (unpaired) electrons. The molecule has 18 heavy (non-hydrogen) atoms. The van der Waals surface area contributed by atoms with Gasteiger partial charge in [0.1, 0.15) is 4.99 Å². The predicted octanol–water partition coefficient (Wildman–Crippen LogP) is 3.87. The molecule has 2 nitrogen and oxygen atoms in total. The van der Waals surface area contributed by atoms with Crippen molar-refractivity contribution in [1.29, 1.82) is 0 Å². The number of anilines is 1. The van der Waals surface area contributed by atoms with Crippen molar-refractivity contribution < 1.29 is 0 Å². The molecule has 0 saturated heterocycles. The van der Waals surface area contributed by atoms with E-state index in [0.717, 1.165) is 23.6 Å². The number of aryl methyl sites for hydroxylation is 1. The first-order valence-corrected chi connectivity index (χ1v) is 7.01. The van der Waals surface area contributed by atoms with Crippen molar-refractivity contribution in [2.75, 3.05) is 5.32 Å². The van der Waals surface area contributed by atoms with Gasteiger partial charge in [0.05, 0.1) is 0 Å². The van der Waals surface area contributed by atoms with Crippen LogP contribution in [0.25, 0.3) is 0 Å². The molecule has 1 aromatic carbocycles. The molecular weight excluding hydrogens is 240 g/mol. The lowest BCUT2D eigenvalue weighted by molar-refractivity contribution is 0.484. The lowest BCUT2D eigenvalue weighted by Gasteiger charge is -2.21. The van der Waals surface area contributed by atoms with E-state index in [0.29, 0.717) is 11.0 Å². The first kappa shape index (κ1) is 15.0. The third-order valence-electron chi connectivity index (χ3n) is 3.30. The molecule has 0 bridgehead atoms. The molecule has 0 fully saturated rings. The molecule has 0 saturated carbocycles. The Morgan fingerprint density at radius 2 is 2.06 bits per heavy atom. The van der Waals surface area contributed by atoms with Crippen molar-refractivity contribution in [2.24, 2.45) is 11.7 Å². The summed E-state index contributed by atoms with van der Waals surface area (Å²) in [6.07, 6.45) is 2.36. The molecule has 0 aliphatic carbocycles. The van der Waals surface area contributed by atoms with Crippen LogP contribution in [0.2, 0.25) is 0 Å². The molecule has 0 heterocycles. The molecule has 2 unspecified atom stereocenters. The van der Waals surface area contributed by atoms with E-state index in [9.17, 15) is 0 Å². The van der Waals surface area contributed by atoms with E-state index in [4.69, 9.17) is 18.0 Å². The molecule has 1 rings (SSSR count). The zero-order chi connectivity index (χ0) is 13.7. The fourth-order valence-electron chi connectivity index (χ4n) is 2.09. The number of benzene rings is 1. The van der Waals surface area contributed by atoms with Crippen LogP contribution in [0, 0.1) is 12.8 Å². The van der Waals surface area contributed by atoms with Gasteiger partial charge in [0.25, 0.3) is 0 Å². The average Bonchev–Trinajstić information content (AvgIpc) is 2.28. The Morgan fingerprint density at radius 3 is 2.61 bits per heavy atom. The van der Waals surface area contributed by atoms with E-state index in [1.54, 1.807) is 0 Å². The molecule has 0 aromatic heterocycles. The quantitative estimate of drug-likeness (QED) is 0.766. The highest BCUT2D eigenvalue weighted by Crippen LogP contribution is 2.20. The first-order valence-electron chi connectivity index (χ1n) is 6.61. The molecule has 3 heteroatoms. The van der Waals surface area contributed by atoms with Gasteiger partial charge in [-0.2, -0.15) is 0 Å². The van der Waals surface area contributed by atoms with Crippen LogP contribution in [0.1, 0.15) is 44.7 Å². The third kappa shape index (κ3) is 4.30. The fourth-order valence-corrected chi connectivity index (χ4v) is 2.26. The van der Waals surface area contributed by atoms with E-state index in [1.165, 1.54) is 12.0 Å². The van der Waals surface area contributed by atoms with Gasteiger partial charge in [0.2, 0.25) is 0 Å². The van der Waals surface area contributed by atoms with Crippen molar-refractivity contribution in [3.05, 3.63) is 29.3 Å². The lowest BCUT2D eigenvalue weighted by Crippen LogP contribution is -2.21. The van der Waals surface area contributed by atoms with Crippen molar-refractivity contribution in [1.82, 2.24) is 0 Å². The summed E-state index contributed by atoms with van der Waals surface area (Å²) in [6.45, 7) is 8.79. The maximum Gasteiger partial charge on any atom is 0.106 e. The summed E-state index contributed by atoms with van der Waals surface area (Å²) in [4.78, 5) is 0.452. The number of thiocarbonyl (C=S) groups is 1. The summed E-state index contributed by atoms with van der Waals surface area (Å²) in [5.41, 5.74) is 8.97. The average molecular weight is 264 g/mol. The van der Waals surface area contributed by atoms with Gasteiger partial charge in [-0.05, 0) is 43.9 Å². The highest BCUT2D eigenvalue weighted by Gasteiger charge is 2.11. The maximum absolute atomic E-state index is 5.76. The second-order valence-electron chi connectivity index (χ2n) is 5.21. The summed E-state index contributed by atoms with van der Waals surface area (Å²) in [5.74, 6) is 0.727. The largest absolute Gasteiger partial charge is 0.389 e. The first-order chi connectivity index (χ1) is 8.43.